The number of ether oxygens (including phenoxy) is 4. The van der Waals surface area contributed by atoms with E-state index < -0.39 is 43.4 Å². The van der Waals surface area contributed by atoms with Crippen LogP contribution in [0.5, 0.6) is 0 Å². The highest BCUT2D eigenvalue weighted by Gasteiger charge is 2.44. The summed E-state index contributed by atoms with van der Waals surface area (Å²) < 4.78 is 22.7. The van der Waals surface area contributed by atoms with Crippen molar-refractivity contribution in [3.63, 3.8) is 0 Å². The van der Waals surface area contributed by atoms with Gasteiger partial charge in [0.05, 0.1) is 19.8 Å². The summed E-state index contributed by atoms with van der Waals surface area (Å²) in [5.41, 5.74) is 0. The summed E-state index contributed by atoms with van der Waals surface area (Å²) in [6, 6.07) is 0. The van der Waals surface area contributed by atoms with Gasteiger partial charge >= 0.3 is 5.97 Å². The minimum Gasteiger partial charge on any atom is -0.457 e. The van der Waals surface area contributed by atoms with Gasteiger partial charge in [0, 0.05) is 13.0 Å². The molecule has 0 aromatic rings. The number of esters is 1. The summed E-state index contributed by atoms with van der Waals surface area (Å²) in [6.45, 7) is 4.48. The zero-order chi connectivity index (χ0) is 35.8. The Morgan fingerprint density at radius 1 is 0.653 bits per heavy atom. The second-order valence-corrected chi connectivity index (χ2v) is 13.7. The number of unbranched alkanes of at least 4 members (excludes halogenated alkanes) is 18. The summed E-state index contributed by atoms with van der Waals surface area (Å²) in [7, 11) is 0. The Morgan fingerprint density at radius 2 is 1.22 bits per heavy atom. The van der Waals surface area contributed by atoms with Crippen molar-refractivity contribution in [3.05, 3.63) is 24.3 Å². The van der Waals surface area contributed by atoms with Crippen LogP contribution >= 0.6 is 0 Å². The first-order chi connectivity index (χ1) is 23.9. The third-order valence-electron chi connectivity index (χ3n) is 9.10. The van der Waals surface area contributed by atoms with E-state index in [-0.39, 0.29) is 19.2 Å². The molecule has 0 aliphatic carbocycles. The van der Waals surface area contributed by atoms with Gasteiger partial charge in [-0.25, -0.2) is 0 Å². The van der Waals surface area contributed by atoms with Crippen LogP contribution in [0, 0.1) is 0 Å². The summed E-state index contributed by atoms with van der Waals surface area (Å²) in [5.74, 6) is -0.328. The third kappa shape index (κ3) is 24.5. The van der Waals surface area contributed by atoms with Crippen molar-refractivity contribution in [2.75, 3.05) is 26.4 Å². The van der Waals surface area contributed by atoms with Crippen LogP contribution in [0.1, 0.15) is 162 Å². The van der Waals surface area contributed by atoms with Crippen molar-refractivity contribution >= 4 is 5.97 Å². The average Bonchev–Trinajstić information content (AvgIpc) is 3.10. The zero-order valence-corrected chi connectivity index (χ0v) is 31.2. The standard InChI is InChI=1S/C40H74O9/c1-3-5-7-9-11-13-15-17-19-21-23-25-27-29-36(42)48-34(33-47-40-39(45)38(44)37(43)35(31-41)49-40)32-46-30-28-26-24-22-20-18-16-14-12-10-8-6-4-2/h7,9,13,15,34-35,37-41,43-45H,3-6,8,10-12,14,16-33H2,1-2H3/b9-7-,15-13-. The fourth-order valence-corrected chi connectivity index (χ4v) is 5.94. The molecular formula is C40H74O9. The van der Waals surface area contributed by atoms with Crippen LogP contribution < -0.4 is 0 Å². The van der Waals surface area contributed by atoms with Crippen molar-refractivity contribution in [3.8, 4) is 0 Å². The van der Waals surface area contributed by atoms with Gasteiger partial charge in [-0.05, 0) is 38.5 Å². The molecule has 6 atom stereocenters. The van der Waals surface area contributed by atoms with Gasteiger partial charge in [0.25, 0.3) is 0 Å². The normalized spacial score (nSPS) is 22.0. The lowest BCUT2D eigenvalue weighted by molar-refractivity contribution is -0.305. The predicted octanol–water partition coefficient (Wildman–Crippen LogP) is 7.86. The van der Waals surface area contributed by atoms with Gasteiger partial charge in [-0.3, -0.25) is 4.79 Å². The predicted molar refractivity (Wildman–Crippen MR) is 196 cm³/mol. The lowest BCUT2D eigenvalue weighted by atomic mass is 9.99. The summed E-state index contributed by atoms with van der Waals surface area (Å²) >= 11 is 0. The van der Waals surface area contributed by atoms with E-state index in [0.29, 0.717) is 13.0 Å². The summed E-state index contributed by atoms with van der Waals surface area (Å²) in [4.78, 5) is 12.7. The molecule has 1 rings (SSSR count). The number of allylic oxidation sites excluding steroid dienone is 4. The minimum absolute atomic E-state index is 0.116. The molecule has 49 heavy (non-hydrogen) atoms. The number of aliphatic hydroxyl groups is 4. The van der Waals surface area contributed by atoms with E-state index in [9.17, 15) is 25.2 Å². The van der Waals surface area contributed by atoms with Gasteiger partial charge in [0.1, 0.15) is 30.5 Å². The lowest BCUT2D eigenvalue weighted by Gasteiger charge is -2.39. The molecule has 1 saturated heterocycles. The van der Waals surface area contributed by atoms with Crippen LogP contribution in [0.4, 0.5) is 0 Å². The first-order valence-corrected chi connectivity index (χ1v) is 19.9. The Morgan fingerprint density at radius 3 is 1.84 bits per heavy atom. The molecule has 0 bridgehead atoms. The molecule has 0 amide bonds. The Kier molecular flexibility index (Phi) is 30.4. The quantitative estimate of drug-likeness (QED) is 0.0307. The molecule has 1 aliphatic rings. The van der Waals surface area contributed by atoms with Crippen LogP contribution in [0.15, 0.2) is 24.3 Å². The largest absolute Gasteiger partial charge is 0.457 e. The molecule has 1 aliphatic heterocycles. The lowest BCUT2D eigenvalue weighted by Crippen LogP contribution is -2.59. The van der Waals surface area contributed by atoms with Gasteiger partial charge in [-0.15, -0.1) is 0 Å². The molecular weight excluding hydrogens is 624 g/mol. The Hall–Kier alpha value is -1.33. The Bertz CT molecular complexity index is 803. The monoisotopic (exact) mass is 699 g/mol. The van der Waals surface area contributed by atoms with Gasteiger partial charge in [-0.2, -0.15) is 0 Å². The van der Waals surface area contributed by atoms with Gasteiger partial charge < -0.3 is 39.4 Å². The molecule has 9 nitrogen and oxygen atoms in total. The van der Waals surface area contributed by atoms with Crippen molar-refractivity contribution in [2.24, 2.45) is 0 Å². The van der Waals surface area contributed by atoms with Crippen LogP contribution in [0.3, 0.4) is 0 Å². The molecule has 1 heterocycles. The van der Waals surface area contributed by atoms with Gasteiger partial charge in [0.15, 0.2) is 6.29 Å². The minimum atomic E-state index is -1.53. The number of aliphatic hydroxyl groups excluding tert-OH is 4. The van der Waals surface area contributed by atoms with Crippen molar-refractivity contribution < 1.29 is 44.2 Å². The molecule has 0 aromatic carbocycles. The topological polar surface area (TPSA) is 135 Å². The molecule has 0 spiro atoms. The van der Waals surface area contributed by atoms with E-state index in [1.807, 2.05) is 0 Å². The highest BCUT2D eigenvalue weighted by atomic mass is 16.7. The van der Waals surface area contributed by atoms with E-state index in [2.05, 4.69) is 38.2 Å². The Labute approximate surface area is 298 Å². The highest BCUT2D eigenvalue weighted by Crippen LogP contribution is 2.22. The summed E-state index contributed by atoms with van der Waals surface area (Å²) in [5, 5.41) is 39.9. The van der Waals surface area contributed by atoms with E-state index in [1.165, 1.54) is 77.0 Å². The second kappa shape index (κ2) is 32.6. The third-order valence-corrected chi connectivity index (χ3v) is 9.10. The van der Waals surface area contributed by atoms with Crippen LogP contribution in [-0.4, -0.2) is 89.6 Å². The number of carbonyl (C=O) groups excluding carboxylic acids is 1. The van der Waals surface area contributed by atoms with Crippen molar-refractivity contribution in [1.82, 2.24) is 0 Å². The van der Waals surface area contributed by atoms with Crippen molar-refractivity contribution in [1.29, 1.82) is 0 Å². The molecule has 1 fully saturated rings. The molecule has 0 saturated carbocycles. The SMILES string of the molecule is CCC/C=C\C/C=C\CCCCCCCC(=O)OC(COCCCCCCCCCCCCCCC)COC1OC(CO)C(O)C(O)C1O. The number of carbonyl (C=O) groups is 1. The fraction of sp³-hybridized carbons (Fsp3) is 0.875. The van der Waals surface area contributed by atoms with Crippen LogP contribution in [0.25, 0.3) is 0 Å². The maximum Gasteiger partial charge on any atom is 0.306 e. The molecule has 9 heteroatoms. The fourth-order valence-electron chi connectivity index (χ4n) is 5.94. The van der Waals surface area contributed by atoms with Crippen LogP contribution in [0.2, 0.25) is 0 Å². The first-order valence-electron chi connectivity index (χ1n) is 19.9. The molecule has 0 aromatic heterocycles. The Balaban J connectivity index is 2.33. The van der Waals surface area contributed by atoms with E-state index in [0.717, 1.165) is 64.2 Å². The van der Waals surface area contributed by atoms with Crippen LogP contribution in [-0.2, 0) is 23.7 Å². The molecule has 6 unspecified atom stereocenters. The molecule has 0 radical (unpaired) electrons. The average molecular weight is 699 g/mol. The molecule has 288 valence electrons. The zero-order valence-electron chi connectivity index (χ0n) is 31.2. The maximum atomic E-state index is 12.7. The van der Waals surface area contributed by atoms with Gasteiger partial charge in [0.2, 0.25) is 0 Å². The highest BCUT2D eigenvalue weighted by molar-refractivity contribution is 5.69. The second-order valence-electron chi connectivity index (χ2n) is 13.7. The van der Waals surface area contributed by atoms with Crippen molar-refractivity contribution in [2.45, 2.75) is 198 Å². The number of rotatable bonds is 33. The first kappa shape index (κ1) is 45.7. The summed E-state index contributed by atoms with van der Waals surface area (Å²) in [6.07, 6.45) is 27.7. The van der Waals surface area contributed by atoms with E-state index in [1.54, 1.807) is 0 Å². The number of hydrogen-bond acceptors (Lipinski definition) is 9. The van der Waals surface area contributed by atoms with Gasteiger partial charge in [-0.1, -0.05) is 141 Å². The van der Waals surface area contributed by atoms with E-state index in [4.69, 9.17) is 18.9 Å². The number of hydrogen-bond donors (Lipinski definition) is 4. The maximum absolute atomic E-state index is 12.7. The molecule has 4 N–H and O–H groups in total. The van der Waals surface area contributed by atoms with E-state index >= 15 is 0 Å². The smallest absolute Gasteiger partial charge is 0.306 e.